The van der Waals surface area contributed by atoms with Crippen molar-refractivity contribution in [1.29, 1.82) is 0 Å². The molecule has 0 fully saturated rings. The summed E-state index contributed by atoms with van der Waals surface area (Å²) in [5.41, 5.74) is 19.3. The van der Waals surface area contributed by atoms with Crippen LogP contribution in [0.15, 0.2) is 191 Å². The first-order valence-corrected chi connectivity index (χ1v) is 19.6. The molecule has 53 heavy (non-hydrogen) atoms. The largest absolute Gasteiger partial charge is 0.337 e. The fraction of sp³-hybridized carbons (Fsp3) is 0.216. The maximum Gasteiger partial charge on any atom is 0.0630 e. The van der Waals surface area contributed by atoms with Gasteiger partial charge in [-0.25, -0.2) is 0 Å². The topological polar surface area (TPSA) is 6.48 Å². The molecule has 1 heterocycles. The fourth-order valence-corrected chi connectivity index (χ4v) is 9.82. The zero-order chi connectivity index (χ0) is 35.5. The highest BCUT2D eigenvalue weighted by molar-refractivity contribution is 5.88. The summed E-state index contributed by atoms with van der Waals surface area (Å²) in [5.74, 6) is 0. The van der Waals surface area contributed by atoms with Crippen molar-refractivity contribution in [3.8, 4) is 11.1 Å². The monoisotopic (exact) mass is 686 g/mol. The van der Waals surface area contributed by atoms with Crippen molar-refractivity contribution in [2.45, 2.75) is 69.9 Å². The van der Waals surface area contributed by atoms with Crippen molar-refractivity contribution in [3.63, 3.8) is 0 Å². The standard InChI is InChI=1S/C51H46N2/c1-51(2)47-19-11-9-17-43(47)44-31-30-42(34-48(44)51)52(40-26-21-36(22-27-40)35-13-5-3-6-14-35)41-28-23-37(24-29-41)38-25-32-50-46(33-38)45-18-10-12-20-49(45)53(50)39-15-7-4-8-16-39/h3-10,13-18,21-28,30-31,33-34,41,50H,11-12,19-20,29,32H2,1-2H3. The Bertz CT molecular complexity index is 2360. The molecule has 260 valence electrons. The van der Waals surface area contributed by atoms with Crippen molar-refractivity contribution in [3.05, 3.63) is 203 Å². The first kappa shape index (κ1) is 32.1. The highest BCUT2D eigenvalue weighted by atomic mass is 15.2. The molecule has 4 aromatic rings. The van der Waals surface area contributed by atoms with E-state index in [2.05, 4.69) is 181 Å². The van der Waals surface area contributed by atoms with E-state index < -0.39 is 0 Å². The molecular formula is C51H46N2. The van der Waals surface area contributed by atoms with E-state index in [-0.39, 0.29) is 11.5 Å². The minimum Gasteiger partial charge on any atom is -0.337 e. The third kappa shape index (κ3) is 5.38. The van der Waals surface area contributed by atoms with Gasteiger partial charge in [0.25, 0.3) is 0 Å². The molecule has 0 saturated carbocycles. The number of anilines is 3. The number of hydrogen-bond donors (Lipinski definition) is 0. The summed E-state index contributed by atoms with van der Waals surface area (Å²) in [6, 6.07) is 38.7. The Hall–Kier alpha value is -5.60. The molecule has 0 radical (unpaired) electrons. The van der Waals surface area contributed by atoms with Crippen LogP contribution in [-0.2, 0) is 5.41 Å². The zero-order valence-corrected chi connectivity index (χ0v) is 30.8. The predicted octanol–water partition coefficient (Wildman–Crippen LogP) is 12.9. The Morgan fingerprint density at radius 2 is 1.36 bits per heavy atom. The molecule has 2 unspecified atom stereocenters. The van der Waals surface area contributed by atoms with Gasteiger partial charge in [0, 0.05) is 28.2 Å². The Morgan fingerprint density at radius 3 is 2.13 bits per heavy atom. The molecule has 6 aliphatic rings. The van der Waals surface area contributed by atoms with Gasteiger partial charge in [-0.1, -0.05) is 135 Å². The molecule has 0 amide bonds. The zero-order valence-electron chi connectivity index (χ0n) is 30.8. The van der Waals surface area contributed by atoms with Crippen LogP contribution in [-0.4, -0.2) is 12.1 Å². The average molecular weight is 687 g/mol. The minimum atomic E-state index is 0.0295. The number of rotatable bonds is 6. The van der Waals surface area contributed by atoms with Crippen molar-refractivity contribution >= 4 is 22.6 Å². The second kappa shape index (κ2) is 12.8. The SMILES string of the molecule is CC1(C)C2=C(C=CCC2)c2ccc(N(c3ccc(-c4ccccc4)cc3)C3C=CC(C4=CCC5C(=C4)C4=C(CCC=C4)N5c4ccccc4)=CC3)cc21. The normalized spacial score (nSPS) is 22.2. The van der Waals surface area contributed by atoms with Crippen LogP contribution in [0, 0.1) is 0 Å². The van der Waals surface area contributed by atoms with Crippen LogP contribution in [0.2, 0.25) is 0 Å². The maximum atomic E-state index is 2.61. The average Bonchev–Trinajstić information content (AvgIpc) is 3.67. The van der Waals surface area contributed by atoms with E-state index in [1.165, 1.54) is 72.9 Å². The van der Waals surface area contributed by atoms with Crippen LogP contribution in [0.3, 0.4) is 0 Å². The van der Waals surface area contributed by atoms with Crippen molar-refractivity contribution in [2.75, 3.05) is 9.80 Å². The molecule has 1 aliphatic heterocycles. The number of allylic oxidation sites excluding steroid dienone is 11. The van der Waals surface area contributed by atoms with Gasteiger partial charge in [-0.15, -0.1) is 0 Å². The van der Waals surface area contributed by atoms with Crippen LogP contribution < -0.4 is 9.80 Å². The van der Waals surface area contributed by atoms with Crippen molar-refractivity contribution in [2.24, 2.45) is 0 Å². The second-order valence-electron chi connectivity index (χ2n) is 15.8. The smallest absolute Gasteiger partial charge is 0.0630 e. The van der Waals surface area contributed by atoms with Crippen LogP contribution in [0.25, 0.3) is 16.7 Å². The molecule has 0 aromatic heterocycles. The van der Waals surface area contributed by atoms with Crippen LogP contribution >= 0.6 is 0 Å². The first-order valence-electron chi connectivity index (χ1n) is 19.6. The summed E-state index contributed by atoms with van der Waals surface area (Å²) in [7, 11) is 0. The minimum absolute atomic E-state index is 0.0295. The quantitative estimate of drug-likeness (QED) is 0.199. The molecule has 2 heteroatoms. The van der Waals surface area contributed by atoms with Gasteiger partial charge < -0.3 is 9.80 Å². The number of fused-ring (bicyclic) bond motifs is 4. The molecule has 0 N–H and O–H groups in total. The van der Waals surface area contributed by atoms with E-state index in [1.54, 1.807) is 5.57 Å². The van der Waals surface area contributed by atoms with E-state index in [1.807, 2.05) is 0 Å². The molecule has 2 atom stereocenters. The van der Waals surface area contributed by atoms with Crippen LogP contribution in [0.4, 0.5) is 17.1 Å². The lowest BCUT2D eigenvalue weighted by molar-refractivity contribution is 0.607. The van der Waals surface area contributed by atoms with Gasteiger partial charge in [-0.3, -0.25) is 0 Å². The summed E-state index contributed by atoms with van der Waals surface area (Å²) in [4.78, 5) is 5.19. The molecular weight excluding hydrogens is 641 g/mol. The molecule has 0 spiro atoms. The van der Waals surface area contributed by atoms with E-state index in [9.17, 15) is 0 Å². The van der Waals surface area contributed by atoms with Gasteiger partial charge >= 0.3 is 0 Å². The molecule has 10 rings (SSSR count). The van der Waals surface area contributed by atoms with Gasteiger partial charge in [-0.2, -0.15) is 0 Å². The number of hydrogen-bond acceptors (Lipinski definition) is 2. The predicted molar refractivity (Wildman–Crippen MR) is 223 cm³/mol. The summed E-state index contributed by atoms with van der Waals surface area (Å²) in [6.07, 6.45) is 28.2. The van der Waals surface area contributed by atoms with Gasteiger partial charge in [0.1, 0.15) is 0 Å². The lowest BCUT2D eigenvalue weighted by Gasteiger charge is -2.35. The van der Waals surface area contributed by atoms with Gasteiger partial charge in [0.15, 0.2) is 0 Å². The Balaban J connectivity index is 0.976. The molecule has 0 bridgehead atoms. The first-order chi connectivity index (χ1) is 26.0. The van der Waals surface area contributed by atoms with Crippen molar-refractivity contribution in [1.82, 2.24) is 0 Å². The third-order valence-electron chi connectivity index (χ3n) is 12.5. The Labute approximate surface area is 314 Å². The number of benzene rings is 4. The lowest BCUT2D eigenvalue weighted by Crippen LogP contribution is -2.32. The number of para-hydroxylation sites is 1. The molecule has 2 nitrogen and oxygen atoms in total. The summed E-state index contributed by atoms with van der Waals surface area (Å²) in [6.45, 7) is 4.85. The summed E-state index contributed by atoms with van der Waals surface area (Å²) in [5, 5.41) is 0. The van der Waals surface area contributed by atoms with Gasteiger partial charge in [0.2, 0.25) is 0 Å². The van der Waals surface area contributed by atoms with E-state index in [0.717, 1.165) is 38.5 Å². The maximum absolute atomic E-state index is 2.61. The van der Waals surface area contributed by atoms with Gasteiger partial charge in [-0.05, 0) is 131 Å². The second-order valence-corrected chi connectivity index (χ2v) is 15.8. The Kier molecular flexibility index (Phi) is 7.76. The summed E-state index contributed by atoms with van der Waals surface area (Å²) < 4.78 is 0. The van der Waals surface area contributed by atoms with E-state index >= 15 is 0 Å². The van der Waals surface area contributed by atoms with E-state index in [0.29, 0.717) is 6.04 Å². The van der Waals surface area contributed by atoms with Crippen LogP contribution in [0.5, 0.6) is 0 Å². The Morgan fingerprint density at radius 1 is 0.660 bits per heavy atom. The van der Waals surface area contributed by atoms with Crippen molar-refractivity contribution < 1.29 is 0 Å². The molecule has 5 aliphatic carbocycles. The third-order valence-corrected chi connectivity index (χ3v) is 12.5. The number of nitrogens with zero attached hydrogens (tertiary/aromatic N) is 2. The van der Waals surface area contributed by atoms with E-state index in [4.69, 9.17) is 0 Å². The molecule has 4 aromatic carbocycles. The molecule has 0 saturated heterocycles. The highest BCUT2D eigenvalue weighted by Crippen LogP contribution is 2.52. The highest BCUT2D eigenvalue weighted by Gasteiger charge is 2.39. The fourth-order valence-electron chi connectivity index (χ4n) is 9.82. The summed E-state index contributed by atoms with van der Waals surface area (Å²) >= 11 is 0. The van der Waals surface area contributed by atoms with Gasteiger partial charge in [0.05, 0.1) is 12.1 Å². The van der Waals surface area contributed by atoms with Crippen LogP contribution in [0.1, 0.15) is 63.5 Å². The lowest BCUT2D eigenvalue weighted by atomic mass is 9.78.